The fourth-order valence-electron chi connectivity index (χ4n) is 2.95. The van der Waals surface area contributed by atoms with Gasteiger partial charge in [0, 0.05) is 29.4 Å². The molecule has 1 saturated heterocycles. The Morgan fingerprint density at radius 2 is 1.95 bits per heavy atom. The first-order chi connectivity index (χ1) is 10.8. The van der Waals surface area contributed by atoms with Gasteiger partial charge < -0.3 is 10.6 Å². The molecule has 4 nitrogen and oxygen atoms in total. The molecule has 2 heterocycles. The average molecular weight is 323 g/mol. The lowest BCUT2D eigenvalue weighted by Gasteiger charge is -2.27. The molecule has 0 aromatic carbocycles. The molecule has 2 N–H and O–H groups in total. The van der Waals surface area contributed by atoms with Gasteiger partial charge in [-0.1, -0.05) is 13.8 Å². The van der Waals surface area contributed by atoms with Crippen LogP contribution in [0.2, 0.25) is 0 Å². The molecule has 124 valence electrons. The van der Waals surface area contributed by atoms with Crippen molar-refractivity contribution in [1.82, 2.24) is 15.5 Å². The van der Waals surface area contributed by atoms with Crippen molar-refractivity contribution < 1.29 is 0 Å². The summed E-state index contributed by atoms with van der Waals surface area (Å²) in [5.74, 6) is 0.907. The van der Waals surface area contributed by atoms with Crippen LogP contribution in [0.5, 0.6) is 0 Å². The minimum absolute atomic E-state index is 0.620. The van der Waals surface area contributed by atoms with Crippen LogP contribution in [0.15, 0.2) is 17.1 Å². The predicted octanol–water partition coefficient (Wildman–Crippen LogP) is 2.85. The monoisotopic (exact) mass is 322 g/mol. The summed E-state index contributed by atoms with van der Waals surface area (Å²) in [7, 11) is 1.85. The van der Waals surface area contributed by atoms with Gasteiger partial charge in [-0.2, -0.15) is 0 Å². The molecule has 0 amide bonds. The molecule has 0 bridgehead atoms. The molecule has 0 saturated carbocycles. The normalized spacial score (nSPS) is 17.7. The summed E-state index contributed by atoms with van der Waals surface area (Å²) in [4.78, 5) is 9.76. The number of likely N-dealkylation sites (tertiary alicyclic amines) is 1. The molecule has 2 rings (SSSR count). The van der Waals surface area contributed by atoms with Crippen molar-refractivity contribution in [3.63, 3.8) is 0 Å². The minimum Gasteiger partial charge on any atom is -0.355 e. The predicted molar refractivity (Wildman–Crippen MR) is 96.8 cm³/mol. The second-order valence-corrected chi connectivity index (χ2v) is 7.09. The van der Waals surface area contributed by atoms with Crippen LogP contribution in [0.3, 0.4) is 0 Å². The van der Waals surface area contributed by atoms with Crippen molar-refractivity contribution in [2.45, 2.75) is 52.1 Å². The number of aryl methyl sites for hydroxylation is 1. The third-order valence-corrected chi connectivity index (χ3v) is 5.58. The molecule has 22 heavy (non-hydrogen) atoms. The van der Waals surface area contributed by atoms with Crippen LogP contribution in [0.4, 0.5) is 0 Å². The molecule has 1 aliphatic rings. The summed E-state index contributed by atoms with van der Waals surface area (Å²) in [5, 5.41) is 6.91. The maximum absolute atomic E-state index is 4.34. The standard InChI is InChI=1S/C17H30N4S/c1-4-14(21-10-6-7-11-21)12-19-17(18-3)20-13-16-9-8-15(5-2)22-16/h8-9,14H,4-7,10-13H2,1-3H3,(H2,18,19,20). The second-order valence-electron chi connectivity index (χ2n) is 5.83. The first kappa shape index (κ1) is 17.3. The lowest BCUT2D eigenvalue weighted by molar-refractivity contribution is 0.236. The average Bonchev–Trinajstić information content (AvgIpc) is 3.22. The Bertz CT molecular complexity index is 463. The summed E-state index contributed by atoms with van der Waals surface area (Å²) in [6.45, 7) is 8.81. The Labute approximate surface area is 139 Å². The van der Waals surface area contributed by atoms with Crippen LogP contribution in [0.25, 0.3) is 0 Å². The van der Waals surface area contributed by atoms with Crippen molar-refractivity contribution >= 4 is 17.3 Å². The molecular weight excluding hydrogens is 292 g/mol. The van der Waals surface area contributed by atoms with Gasteiger partial charge in [0.25, 0.3) is 0 Å². The third-order valence-electron chi connectivity index (χ3n) is 4.35. The van der Waals surface area contributed by atoms with Gasteiger partial charge in [0.15, 0.2) is 5.96 Å². The Morgan fingerprint density at radius 1 is 1.23 bits per heavy atom. The van der Waals surface area contributed by atoms with Crippen molar-refractivity contribution in [2.24, 2.45) is 4.99 Å². The van der Waals surface area contributed by atoms with Gasteiger partial charge in [0.1, 0.15) is 0 Å². The van der Waals surface area contributed by atoms with E-state index in [1.807, 2.05) is 18.4 Å². The number of nitrogens with zero attached hydrogens (tertiary/aromatic N) is 2. The molecule has 0 radical (unpaired) electrons. The third kappa shape index (κ3) is 4.99. The van der Waals surface area contributed by atoms with Crippen LogP contribution in [-0.2, 0) is 13.0 Å². The van der Waals surface area contributed by atoms with Crippen LogP contribution >= 0.6 is 11.3 Å². The quantitative estimate of drug-likeness (QED) is 0.599. The summed E-state index contributed by atoms with van der Waals surface area (Å²) in [6.07, 6.45) is 5.00. The molecule has 1 atom stereocenters. The van der Waals surface area contributed by atoms with Crippen molar-refractivity contribution in [3.05, 3.63) is 21.9 Å². The van der Waals surface area contributed by atoms with E-state index in [9.17, 15) is 0 Å². The van der Waals surface area contributed by atoms with Crippen molar-refractivity contribution in [2.75, 3.05) is 26.7 Å². The summed E-state index contributed by atoms with van der Waals surface area (Å²) in [5.41, 5.74) is 0. The Morgan fingerprint density at radius 3 is 2.55 bits per heavy atom. The zero-order valence-corrected chi connectivity index (χ0v) is 15.0. The Kier molecular flexibility index (Phi) is 7.19. The lowest BCUT2D eigenvalue weighted by atomic mass is 10.2. The number of thiophene rings is 1. The van der Waals surface area contributed by atoms with E-state index in [4.69, 9.17) is 0 Å². The molecule has 5 heteroatoms. The van der Waals surface area contributed by atoms with E-state index in [1.54, 1.807) is 0 Å². The highest BCUT2D eigenvalue weighted by Gasteiger charge is 2.20. The molecule has 0 aliphatic carbocycles. The SMILES string of the molecule is CCc1ccc(CNC(=NC)NCC(CC)N2CCCC2)s1. The Hall–Kier alpha value is -1.07. The maximum Gasteiger partial charge on any atom is 0.191 e. The molecule has 1 fully saturated rings. The van der Waals surface area contributed by atoms with Gasteiger partial charge >= 0.3 is 0 Å². The van der Waals surface area contributed by atoms with E-state index in [1.165, 1.54) is 42.1 Å². The van der Waals surface area contributed by atoms with Crippen LogP contribution in [0, 0.1) is 0 Å². The maximum atomic E-state index is 4.34. The fraction of sp³-hybridized carbons (Fsp3) is 0.706. The fourth-order valence-corrected chi connectivity index (χ4v) is 3.85. The molecule has 1 aromatic rings. The molecule has 1 aromatic heterocycles. The number of nitrogens with one attached hydrogen (secondary N) is 2. The summed E-state index contributed by atoms with van der Waals surface area (Å²) < 4.78 is 0. The number of aliphatic imine (C=N–C) groups is 1. The highest BCUT2D eigenvalue weighted by atomic mass is 32.1. The van der Waals surface area contributed by atoms with Crippen LogP contribution in [-0.4, -0.2) is 43.6 Å². The van der Waals surface area contributed by atoms with Gasteiger partial charge in [-0.25, -0.2) is 0 Å². The highest BCUT2D eigenvalue weighted by Crippen LogP contribution is 2.16. The zero-order valence-electron chi connectivity index (χ0n) is 14.2. The first-order valence-corrected chi connectivity index (χ1v) is 9.34. The van der Waals surface area contributed by atoms with E-state index in [-0.39, 0.29) is 0 Å². The molecule has 1 unspecified atom stereocenters. The Balaban J connectivity index is 1.76. The van der Waals surface area contributed by atoms with E-state index in [0.29, 0.717) is 6.04 Å². The first-order valence-electron chi connectivity index (χ1n) is 8.53. The number of hydrogen-bond donors (Lipinski definition) is 2. The van der Waals surface area contributed by atoms with Crippen molar-refractivity contribution in [3.8, 4) is 0 Å². The van der Waals surface area contributed by atoms with Crippen LogP contribution < -0.4 is 10.6 Å². The molecular formula is C17H30N4S. The van der Waals surface area contributed by atoms with E-state index >= 15 is 0 Å². The minimum atomic E-state index is 0.620. The van der Waals surface area contributed by atoms with Gasteiger partial charge in [-0.3, -0.25) is 9.89 Å². The number of rotatable bonds is 7. The van der Waals surface area contributed by atoms with E-state index in [2.05, 4.69) is 46.5 Å². The van der Waals surface area contributed by atoms with Gasteiger partial charge in [-0.15, -0.1) is 11.3 Å². The van der Waals surface area contributed by atoms with Gasteiger partial charge in [0.2, 0.25) is 0 Å². The van der Waals surface area contributed by atoms with Gasteiger partial charge in [0.05, 0.1) is 6.54 Å². The number of guanidine groups is 1. The lowest BCUT2D eigenvalue weighted by Crippen LogP contribution is -2.46. The summed E-state index contributed by atoms with van der Waals surface area (Å²) >= 11 is 1.88. The number of hydrogen-bond acceptors (Lipinski definition) is 3. The highest BCUT2D eigenvalue weighted by molar-refractivity contribution is 7.11. The molecule has 1 aliphatic heterocycles. The van der Waals surface area contributed by atoms with E-state index in [0.717, 1.165) is 25.5 Å². The topological polar surface area (TPSA) is 39.7 Å². The zero-order chi connectivity index (χ0) is 15.8. The van der Waals surface area contributed by atoms with Crippen LogP contribution in [0.1, 0.15) is 42.9 Å². The van der Waals surface area contributed by atoms with Crippen molar-refractivity contribution in [1.29, 1.82) is 0 Å². The smallest absolute Gasteiger partial charge is 0.191 e. The molecule has 0 spiro atoms. The second kappa shape index (κ2) is 9.16. The summed E-state index contributed by atoms with van der Waals surface area (Å²) in [6, 6.07) is 5.05. The van der Waals surface area contributed by atoms with E-state index < -0.39 is 0 Å². The van der Waals surface area contributed by atoms with Gasteiger partial charge in [-0.05, 0) is 50.9 Å². The largest absolute Gasteiger partial charge is 0.355 e.